The summed E-state index contributed by atoms with van der Waals surface area (Å²) in [4.78, 5) is 0. The molecule has 0 amide bonds. The summed E-state index contributed by atoms with van der Waals surface area (Å²) in [5.74, 6) is 1.32. The van der Waals surface area contributed by atoms with Gasteiger partial charge in [0.05, 0.1) is 7.11 Å². The first-order valence-electron chi connectivity index (χ1n) is 5.81. The van der Waals surface area contributed by atoms with Crippen molar-refractivity contribution in [3.63, 3.8) is 0 Å². The van der Waals surface area contributed by atoms with Crippen molar-refractivity contribution in [2.24, 2.45) is 5.92 Å². The Hall–Kier alpha value is -1.06. The lowest BCUT2D eigenvalue weighted by Gasteiger charge is -2.29. The van der Waals surface area contributed by atoms with E-state index in [1.807, 2.05) is 12.1 Å². The van der Waals surface area contributed by atoms with E-state index in [4.69, 9.17) is 4.74 Å². The molecule has 3 nitrogen and oxygen atoms in total. The quantitative estimate of drug-likeness (QED) is 0.816. The molecular weight excluding hydrogens is 202 g/mol. The summed E-state index contributed by atoms with van der Waals surface area (Å²) in [5.41, 5.74) is 1.25. The molecule has 0 spiro atoms. The van der Waals surface area contributed by atoms with Crippen LogP contribution in [-0.4, -0.2) is 25.4 Å². The monoisotopic (exact) mass is 221 g/mol. The van der Waals surface area contributed by atoms with Crippen LogP contribution in [0.15, 0.2) is 24.3 Å². The van der Waals surface area contributed by atoms with Gasteiger partial charge in [-0.1, -0.05) is 12.1 Å². The first-order chi connectivity index (χ1) is 7.83. The summed E-state index contributed by atoms with van der Waals surface area (Å²) in [6.45, 7) is 1.27. The Balaban J connectivity index is 2.10. The van der Waals surface area contributed by atoms with Gasteiger partial charge < -0.3 is 15.2 Å². The maximum atomic E-state index is 9.20. The molecule has 0 radical (unpaired) electrons. The summed E-state index contributed by atoms with van der Waals surface area (Å²) in [5, 5.41) is 12.7. The van der Waals surface area contributed by atoms with Crippen LogP contribution >= 0.6 is 0 Å². The molecule has 2 atom stereocenters. The van der Waals surface area contributed by atoms with E-state index in [-0.39, 0.29) is 0 Å². The lowest BCUT2D eigenvalue weighted by molar-refractivity contribution is 0.176. The molecule has 1 fully saturated rings. The highest BCUT2D eigenvalue weighted by atomic mass is 16.5. The number of ether oxygens (including phenoxy) is 1. The molecule has 16 heavy (non-hydrogen) atoms. The third kappa shape index (κ3) is 2.54. The van der Waals surface area contributed by atoms with E-state index >= 15 is 0 Å². The number of rotatable bonds is 3. The molecule has 0 aliphatic carbocycles. The zero-order valence-corrected chi connectivity index (χ0v) is 9.65. The van der Waals surface area contributed by atoms with Gasteiger partial charge in [-0.25, -0.2) is 0 Å². The predicted molar refractivity (Wildman–Crippen MR) is 63.5 cm³/mol. The lowest BCUT2D eigenvalue weighted by Crippen LogP contribution is -2.33. The van der Waals surface area contributed by atoms with Gasteiger partial charge in [-0.2, -0.15) is 0 Å². The second kappa shape index (κ2) is 5.32. The maximum absolute atomic E-state index is 9.20. The predicted octanol–water partition coefficient (Wildman–Crippen LogP) is 1.73. The van der Waals surface area contributed by atoms with Crippen molar-refractivity contribution in [3.05, 3.63) is 29.8 Å². The largest absolute Gasteiger partial charge is 0.497 e. The van der Waals surface area contributed by atoms with Crippen LogP contribution in [0.5, 0.6) is 5.75 Å². The van der Waals surface area contributed by atoms with E-state index in [9.17, 15) is 5.11 Å². The Labute approximate surface area is 96.4 Å². The van der Waals surface area contributed by atoms with Crippen LogP contribution in [0.2, 0.25) is 0 Å². The molecule has 1 aromatic carbocycles. The first-order valence-corrected chi connectivity index (χ1v) is 5.81. The van der Waals surface area contributed by atoms with Crippen LogP contribution in [-0.2, 0) is 0 Å². The van der Waals surface area contributed by atoms with Gasteiger partial charge in [-0.3, -0.25) is 0 Å². The van der Waals surface area contributed by atoms with E-state index in [2.05, 4.69) is 17.4 Å². The SMILES string of the molecule is COc1cccc(C2CC(CO)CCN2)c1. The number of benzene rings is 1. The van der Waals surface area contributed by atoms with Crippen LogP contribution < -0.4 is 10.1 Å². The molecule has 3 heteroatoms. The van der Waals surface area contributed by atoms with Gasteiger partial charge in [-0.15, -0.1) is 0 Å². The third-order valence-electron chi connectivity index (χ3n) is 3.27. The molecule has 2 N–H and O–H groups in total. The van der Waals surface area contributed by atoms with Crippen molar-refractivity contribution in [2.75, 3.05) is 20.3 Å². The normalized spacial score (nSPS) is 25.4. The van der Waals surface area contributed by atoms with Crippen LogP contribution in [0.25, 0.3) is 0 Å². The van der Waals surface area contributed by atoms with Crippen LogP contribution in [0.1, 0.15) is 24.4 Å². The standard InChI is InChI=1S/C13H19NO2/c1-16-12-4-2-3-11(8-12)13-7-10(9-15)5-6-14-13/h2-4,8,10,13-15H,5-7,9H2,1H3. The van der Waals surface area contributed by atoms with Crippen LogP contribution in [0.3, 0.4) is 0 Å². The lowest BCUT2D eigenvalue weighted by atomic mass is 9.89. The van der Waals surface area contributed by atoms with Crippen molar-refractivity contribution in [2.45, 2.75) is 18.9 Å². The highest BCUT2D eigenvalue weighted by Crippen LogP contribution is 2.28. The molecule has 88 valence electrons. The van der Waals surface area contributed by atoms with Gasteiger partial charge in [-0.05, 0) is 43.0 Å². The fourth-order valence-electron chi connectivity index (χ4n) is 2.27. The second-order valence-corrected chi connectivity index (χ2v) is 4.36. The molecule has 1 saturated heterocycles. The maximum Gasteiger partial charge on any atom is 0.119 e. The fraction of sp³-hybridized carbons (Fsp3) is 0.538. The summed E-state index contributed by atoms with van der Waals surface area (Å²) >= 11 is 0. The van der Waals surface area contributed by atoms with Crippen LogP contribution in [0, 0.1) is 5.92 Å². The molecule has 1 aliphatic heterocycles. The number of aliphatic hydroxyl groups is 1. The minimum Gasteiger partial charge on any atom is -0.497 e. The van der Waals surface area contributed by atoms with Gasteiger partial charge in [0.1, 0.15) is 5.75 Å². The van der Waals surface area contributed by atoms with Crippen molar-refractivity contribution in [1.82, 2.24) is 5.32 Å². The van der Waals surface area contributed by atoms with Gasteiger partial charge in [0.2, 0.25) is 0 Å². The Kier molecular flexibility index (Phi) is 3.80. The van der Waals surface area contributed by atoms with Crippen molar-refractivity contribution in [3.8, 4) is 5.75 Å². The van der Waals surface area contributed by atoms with Gasteiger partial charge in [0, 0.05) is 12.6 Å². The zero-order chi connectivity index (χ0) is 11.4. The zero-order valence-electron chi connectivity index (χ0n) is 9.65. The Morgan fingerprint density at radius 1 is 1.50 bits per heavy atom. The van der Waals surface area contributed by atoms with E-state index in [0.717, 1.165) is 25.1 Å². The number of nitrogens with one attached hydrogen (secondary N) is 1. The summed E-state index contributed by atoms with van der Waals surface area (Å²) < 4.78 is 5.22. The van der Waals surface area contributed by atoms with Crippen LogP contribution in [0.4, 0.5) is 0 Å². The first kappa shape index (κ1) is 11.4. The average Bonchev–Trinajstić information content (AvgIpc) is 2.39. The molecular formula is C13H19NO2. The summed E-state index contributed by atoms with van der Waals surface area (Å²) in [6, 6.07) is 8.49. The van der Waals surface area contributed by atoms with E-state index in [0.29, 0.717) is 18.6 Å². The second-order valence-electron chi connectivity index (χ2n) is 4.36. The van der Waals surface area contributed by atoms with Crippen molar-refractivity contribution in [1.29, 1.82) is 0 Å². The third-order valence-corrected chi connectivity index (χ3v) is 3.27. The molecule has 0 aromatic heterocycles. The molecule has 1 aliphatic rings. The fourth-order valence-corrected chi connectivity index (χ4v) is 2.27. The number of aliphatic hydroxyl groups excluding tert-OH is 1. The van der Waals surface area contributed by atoms with Crippen molar-refractivity contribution < 1.29 is 9.84 Å². The summed E-state index contributed by atoms with van der Waals surface area (Å²) in [6.07, 6.45) is 2.07. The molecule has 2 rings (SSSR count). The number of hydrogen-bond donors (Lipinski definition) is 2. The number of hydrogen-bond acceptors (Lipinski definition) is 3. The Morgan fingerprint density at radius 2 is 2.38 bits per heavy atom. The molecule has 1 aromatic rings. The van der Waals surface area contributed by atoms with E-state index in [1.54, 1.807) is 7.11 Å². The molecule has 1 heterocycles. The van der Waals surface area contributed by atoms with Crippen molar-refractivity contribution >= 4 is 0 Å². The Bertz CT molecular complexity index is 340. The Morgan fingerprint density at radius 3 is 3.12 bits per heavy atom. The average molecular weight is 221 g/mol. The van der Waals surface area contributed by atoms with Gasteiger partial charge in [0.25, 0.3) is 0 Å². The number of methoxy groups -OCH3 is 1. The van der Waals surface area contributed by atoms with E-state index < -0.39 is 0 Å². The van der Waals surface area contributed by atoms with E-state index in [1.165, 1.54) is 5.56 Å². The smallest absolute Gasteiger partial charge is 0.119 e. The number of piperidine rings is 1. The molecule has 0 saturated carbocycles. The summed E-state index contributed by atoms with van der Waals surface area (Å²) in [7, 11) is 1.68. The molecule has 2 unspecified atom stereocenters. The highest BCUT2D eigenvalue weighted by Gasteiger charge is 2.22. The topological polar surface area (TPSA) is 41.5 Å². The molecule has 0 bridgehead atoms. The van der Waals surface area contributed by atoms with Gasteiger partial charge >= 0.3 is 0 Å². The minimum absolute atomic E-state index is 0.294. The highest BCUT2D eigenvalue weighted by molar-refractivity contribution is 5.30. The minimum atomic E-state index is 0.294. The van der Waals surface area contributed by atoms with Gasteiger partial charge in [0.15, 0.2) is 0 Å².